The van der Waals surface area contributed by atoms with Gasteiger partial charge in [0, 0.05) is 36.8 Å². The molecule has 0 radical (unpaired) electrons. The van der Waals surface area contributed by atoms with E-state index in [9.17, 15) is 4.79 Å². The Morgan fingerprint density at radius 2 is 2.33 bits per heavy atom. The normalized spacial score (nSPS) is 18.9. The third-order valence-electron chi connectivity index (χ3n) is 3.94. The van der Waals surface area contributed by atoms with Crippen LogP contribution >= 0.6 is 11.3 Å². The van der Waals surface area contributed by atoms with Crippen LogP contribution in [0.2, 0.25) is 0 Å². The van der Waals surface area contributed by atoms with Crippen LogP contribution < -0.4 is 0 Å². The fraction of sp³-hybridized carbons (Fsp3) is 0.438. The molecular weight excluding hydrogens is 284 g/mol. The van der Waals surface area contributed by atoms with E-state index in [1.165, 1.54) is 4.88 Å². The van der Waals surface area contributed by atoms with Crippen LogP contribution in [0.25, 0.3) is 0 Å². The summed E-state index contributed by atoms with van der Waals surface area (Å²) in [5.41, 5.74) is 1.14. The van der Waals surface area contributed by atoms with Crippen molar-refractivity contribution >= 4 is 17.2 Å². The molecule has 1 aliphatic heterocycles. The Kier molecular flexibility index (Phi) is 4.41. The Labute approximate surface area is 128 Å². The van der Waals surface area contributed by atoms with Crippen molar-refractivity contribution in [3.05, 3.63) is 46.4 Å². The largest absolute Gasteiger partial charge is 0.377 e. The van der Waals surface area contributed by atoms with Crippen molar-refractivity contribution in [1.82, 2.24) is 9.47 Å². The van der Waals surface area contributed by atoms with E-state index in [2.05, 4.69) is 22.1 Å². The third-order valence-corrected chi connectivity index (χ3v) is 4.88. The molecule has 0 saturated carbocycles. The maximum atomic E-state index is 12.6. The molecule has 0 N–H and O–H groups in total. The number of morpholine rings is 1. The van der Waals surface area contributed by atoms with Gasteiger partial charge in [-0.25, -0.2) is 0 Å². The SMILES string of the molecule is Cn1cccc1[C@@H]1COCCN1C(=O)CCc1cccs1. The minimum absolute atomic E-state index is 0.0367. The van der Waals surface area contributed by atoms with Crippen LogP contribution in [0, 0.1) is 0 Å². The van der Waals surface area contributed by atoms with Gasteiger partial charge in [-0.2, -0.15) is 0 Å². The number of aromatic nitrogens is 1. The van der Waals surface area contributed by atoms with Crippen molar-refractivity contribution in [2.24, 2.45) is 7.05 Å². The first-order valence-corrected chi connectivity index (χ1v) is 8.14. The molecular formula is C16H20N2O2S. The molecule has 4 nitrogen and oxygen atoms in total. The second-order valence-corrected chi connectivity index (χ2v) is 6.33. The number of amides is 1. The van der Waals surface area contributed by atoms with Crippen molar-refractivity contribution < 1.29 is 9.53 Å². The first-order valence-electron chi connectivity index (χ1n) is 7.26. The fourth-order valence-corrected chi connectivity index (χ4v) is 3.51. The molecule has 1 amide bonds. The molecule has 1 aliphatic rings. The lowest BCUT2D eigenvalue weighted by atomic mass is 10.1. The molecule has 0 spiro atoms. The maximum absolute atomic E-state index is 12.6. The van der Waals surface area contributed by atoms with Gasteiger partial charge in [0.25, 0.3) is 0 Å². The predicted molar refractivity (Wildman–Crippen MR) is 83.3 cm³/mol. The molecule has 1 saturated heterocycles. The summed E-state index contributed by atoms with van der Waals surface area (Å²) in [5.74, 6) is 0.220. The van der Waals surface area contributed by atoms with Gasteiger partial charge in [0.1, 0.15) is 0 Å². The van der Waals surface area contributed by atoms with E-state index >= 15 is 0 Å². The molecule has 3 rings (SSSR count). The average Bonchev–Trinajstić information content (AvgIpc) is 3.16. The topological polar surface area (TPSA) is 34.5 Å². The van der Waals surface area contributed by atoms with Crippen LogP contribution in [0.1, 0.15) is 23.0 Å². The zero-order valence-corrected chi connectivity index (χ0v) is 13.0. The minimum Gasteiger partial charge on any atom is -0.377 e. The summed E-state index contributed by atoms with van der Waals surface area (Å²) in [6, 6.07) is 8.24. The van der Waals surface area contributed by atoms with Crippen molar-refractivity contribution in [2.45, 2.75) is 18.9 Å². The summed E-state index contributed by atoms with van der Waals surface area (Å²) < 4.78 is 7.65. The molecule has 0 aliphatic carbocycles. The van der Waals surface area contributed by atoms with Gasteiger partial charge in [-0.1, -0.05) is 6.07 Å². The number of ether oxygens (including phenoxy) is 1. The first kappa shape index (κ1) is 14.4. The van der Waals surface area contributed by atoms with E-state index in [1.54, 1.807) is 11.3 Å². The van der Waals surface area contributed by atoms with E-state index in [0.717, 1.165) is 12.1 Å². The lowest BCUT2D eigenvalue weighted by Crippen LogP contribution is -2.44. The highest BCUT2D eigenvalue weighted by atomic mass is 32.1. The third kappa shape index (κ3) is 3.19. The first-order chi connectivity index (χ1) is 10.3. The number of thiophene rings is 1. The molecule has 5 heteroatoms. The zero-order chi connectivity index (χ0) is 14.7. The Bertz CT molecular complexity index is 591. The van der Waals surface area contributed by atoms with Crippen LogP contribution in [0.15, 0.2) is 35.8 Å². The number of carbonyl (C=O) groups excluding carboxylic acids is 1. The second-order valence-electron chi connectivity index (χ2n) is 5.30. The van der Waals surface area contributed by atoms with Gasteiger partial charge in [0.15, 0.2) is 0 Å². The van der Waals surface area contributed by atoms with Gasteiger partial charge in [-0.15, -0.1) is 11.3 Å². The van der Waals surface area contributed by atoms with Crippen LogP contribution in [0.3, 0.4) is 0 Å². The standard InChI is InChI=1S/C16H20N2O2S/c1-17-8-2-5-14(17)15-12-20-10-9-18(15)16(19)7-6-13-4-3-11-21-13/h2-5,8,11,15H,6-7,9-10,12H2,1H3/t15-/m0/s1. The van der Waals surface area contributed by atoms with Crippen LogP contribution in [0.4, 0.5) is 0 Å². The Hall–Kier alpha value is -1.59. The highest BCUT2D eigenvalue weighted by molar-refractivity contribution is 7.09. The summed E-state index contributed by atoms with van der Waals surface area (Å²) in [4.78, 5) is 15.8. The molecule has 0 aromatic carbocycles. The number of carbonyl (C=O) groups is 1. The van der Waals surface area contributed by atoms with Gasteiger partial charge in [0.05, 0.1) is 19.3 Å². The van der Waals surface area contributed by atoms with E-state index in [4.69, 9.17) is 4.74 Å². The summed E-state index contributed by atoms with van der Waals surface area (Å²) in [6.45, 7) is 1.90. The average molecular weight is 304 g/mol. The molecule has 112 valence electrons. The van der Waals surface area contributed by atoms with Crippen LogP contribution in [-0.2, 0) is 23.0 Å². The molecule has 0 unspecified atom stereocenters. The molecule has 2 aromatic heterocycles. The zero-order valence-electron chi connectivity index (χ0n) is 12.2. The summed E-state index contributed by atoms with van der Waals surface area (Å²) in [6.07, 6.45) is 3.41. The Morgan fingerprint density at radius 3 is 3.05 bits per heavy atom. The van der Waals surface area contributed by atoms with Crippen LogP contribution in [0.5, 0.6) is 0 Å². The van der Waals surface area contributed by atoms with Crippen molar-refractivity contribution in [1.29, 1.82) is 0 Å². The number of hydrogen-bond acceptors (Lipinski definition) is 3. The van der Waals surface area contributed by atoms with E-state index in [-0.39, 0.29) is 11.9 Å². The fourth-order valence-electron chi connectivity index (χ4n) is 2.80. The Balaban J connectivity index is 1.69. The number of nitrogens with zero attached hydrogens (tertiary/aromatic N) is 2. The van der Waals surface area contributed by atoms with Gasteiger partial charge >= 0.3 is 0 Å². The smallest absolute Gasteiger partial charge is 0.223 e. The summed E-state index contributed by atoms with van der Waals surface area (Å²) in [7, 11) is 2.01. The predicted octanol–water partition coefficient (Wildman–Crippen LogP) is 2.62. The quantitative estimate of drug-likeness (QED) is 0.870. The molecule has 21 heavy (non-hydrogen) atoms. The minimum atomic E-state index is 0.0367. The molecule has 1 fully saturated rings. The second kappa shape index (κ2) is 6.45. The number of aryl methyl sites for hydroxylation is 2. The summed E-state index contributed by atoms with van der Waals surface area (Å²) >= 11 is 1.71. The van der Waals surface area contributed by atoms with Crippen molar-refractivity contribution in [2.75, 3.05) is 19.8 Å². The van der Waals surface area contributed by atoms with E-state index < -0.39 is 0 Å². The molecule has 3 heterocycles. The molecule has 1 atom stereocenters. The van der Waals surface area contributed by atoms with Crippen molar-refractivity contribution in [3.63, 3.8) is 0 Å². The van der Waals surface area contributed by atoms with Crippen LogP contribution in [-0.4, -0.2) is 35.1 Å². The van der Waals surface area contributed by atoms with Gasteiger partial charge < -0.3 is 14.2 Å². The molecule has 2 aromatic rings. The maximum Gasteiger partial charge on any atom is 0.223 e. The van der Waals surface area contributed by atoms with E-state index in [0.29, 0.717) is 26.2 Å². The lowest BCUT2D eigenvalue weighted by Gasteiger charge is -2.36. The summed E-state index contributed by atoms with van der Waals surface area (Å²) in [5, 5.41) is 2.06. The van der Waals surface area contributed by atoms with E-state index in [1.807, 2.05) is 30.3 Å². The highest BCUT2D eigenvalue weighted by Crippen LogP contribution is 2.25. The van der Waals surface area contributed by atoms with Crippen molar-refractivity contribution in [3.8, 4) is 0 Å². The lowest BCUT2D eigenvalue weighted by molar-refractivity contribution is -0.140. The monoisotopic (exact) mass is 304 g/mol. The highest BCUT2D eigenvalue weighted by Gasteiger charge is 2.29. The number of rotatable bonds is 4. The van der Waals surface area contributed by atoms with Gasteiger partial charge in [-0.3, -0.25) is 4.79 Å². The molecule has 0 bridgehead atoms. The van der Waals surface area contributed by atoms with Gasteiger partial charge in [-0.05, 0) is 30.0 Å². The van der Waals surface area contributed by atoms with Gasteiger partial charge in [0.2, 0.25) is 5.91 Å². The Morgan fingerprint density at radius 1 is 1.43 bits per heavy atom. The number of hydrogen-bond donors (Lipinski definition) is 0.